The number of piperidine rings is 1. The molecule has 5 heteroatoms. The Morgan fingerprint density at radius 2 is 2.25 bits per heavy atom. The van der Waals surface area contributed by atoms with Crippen molar-refractivity contribution in [2.75, 3.05) is 5.73 Å². The highest BCUT2D eigenvalue weighted by Gasteiger charge is 2.30. The van der Waals surface area contributed by atoms with Crippen LogP contribution in [0.1, 0.15) is 24.0 Å². The number of carbonyl (C=O) groups excluding carboxylic acids is 2. The monoisotopic (exact) mass is 273 g/mol. The predicted molar refractivity (Wildman–Crippen MR) is 77.5 cm³/mol. The number of hydrogen-bond donors (Lipinski definition) is 2. The number of hydrogen-bond acceptors (Lipinski definition) is 4. The second kappa shape index (κ2) is 5.77. The third-order valence-corrected chi connectivity index (χ3v) is 3.63. The van der Waals surface area contributed by atoms with Crippen molar-refractivity contribution < 1.29 is 9.59 Å². The summed E-state index contributed by atoms with van der Waals surface area (Å²) in [5, 5.41) is 2.36. The van der Waals surface area contributed by atoms with Gasteiger partial charge in [-0.1, -0.05) is 18.7 Å². The Morgan fingerprint density at radius 1 is 1.50 bits per heavy atom. The van der Waals surface area contributed by atoms with Crippen LogP contribution in [0.5, 0.6) is 0 Å². The van der Waals surface area contributed by atoms with Crippen LogP contribution in [-0.4, -0.2) is 22.8 Å². The molecule has 3 N–H and O–H groups in total. The molecule has 0 radical (unpaired) electrons. The Hall–Kier alpha value is -2.30. The molecule has 1 aliphatic rings. The molecule has 1 fully saturated rings. The first-order valence-electron chi connectivity index (χ1n) is 6.59. The highest BCUT2D eigenvalue weighted by Crippen LogP contribution is 2.22. The third kappa shape index (κ3) is 2.82. The number of nitrogen functional groups attached to an aromatic ring is 1. The molecule has 1 aromatic carbocycles. The van der Waals surface area contributed by atoms with Crippen molar-refractivity contribution in [3.8, 4) is 0 Å². The van der Waals surface area contributed by atoms with Crippen LogP contribution >= 0.6 is 0 Å². The Labute approximate surface area is 118 Å². The van der Waals surface area contributed by atoms with Gasteiger partial charge in [-0.05, 0) is 36.7 Å². The van der Waals surface area contributed by atoms with Gasteiger partial charge in [-0.2, -0.15) is 0 Å². The molecular formula is C15H19N3O2. The second-order valence-electron chi connectivity index (χ2n) is 4.96. The van der Waals surface area contributed by atoms with Gasteiger partial charge in [0.05, 0.1) is 0 Å². The fourth-order valence-corrected chi connectivity index (χ4v) is 2.42. The van der Waals surface area contributed by atoms with Crippen molar-refractivity contribution in [2.45, 2.75) is 32.4 Å². The number of carbonyl (C=O) groups is 2. The molecule has 5 nitrogen and oxygen atoms in total. The van der Waals surface area contributed by atoms with Gasteiger partial charge in [0.2, 0.25) is 11.8 Å². The zero-order chi connectivity index (χ0) is 14.7. The molecule has 106 valence electrons. The smallest absolute Gasteiger partial charge is 0.249 e. The summed E-state index contributed by atoms with van der Waals surface area (Å²) in [5.41, 5.74) is 8.75. The number of benzene rings is 1. The van der Waals surface area contributed by atoms with E-state index in [1.807, 2.05) is 30.0 Å². The summed E-state index contributed by atoms with van der Waals surface area (Å²) in [7, 11) is 0. The molecule has 0 aromatic heterocycles. The first kappa shape index (κ1) is 14.1. The molecule has 1 heterocycles. The number of aryl methyl sites for hydroxylation is 1. The molecule has 1 aromatic rings. The van der Waals surface area contributed by atoms with E-state index < -0.39 is 0 Å². The van der Waals surface area contributed by atoms with Crippen molar-refractivity contribution in [3.63, 3.8) is 0 Å². The highest BCUT2D eigenvalue weighted by atomic mass is 16.2. The van der Waals surface area contributed by atoms with Gasteiger partial charge in [-0.3, -0.25) is 14.9 Å². The molecule has 1 saturated heterocycles. The molecular weight excluding hydrogens is 254 g/mol. The molecule has 0 saturated carbocycles. The first-order valence-corrected chi connectivity index (χ1v) is 6.59. The fourth-order valence-electron chi connectivity index (χ4n) is 2.42. The van der Waals surface area contributed by atoms with Gasteiger partial charge in [-0.25, -0.2) is 0 Å². The lowest BCUT2D eigenvalue weighted by molar-refractivity contribution is -0.136. The number of imide groups is 1. The minimum Gasteiger partial charge on any atom is -0.398 e. The van der Waals surface area contributed by atoms with Crippen molar-refractivity contribution in [2.24, 2.45) is 0 Å². The van der Waals surface area contributed by atoms with Crippen LogP contribution in [-0.2, 0) is 16.1 Å². The Balaban J connectivity index is 2.19. The molecule has 0 bridgehead atoms. The van der Waals surface area contributed by atoms with E-state index in [9.17, 15) is 9.59 Å². The zero-order valence-corrected chi connectivity index (χ0v) is 11.6. The zero-order valence-electron chi connectivity index (χ0n) is 11.6. The van der Waals surface area contributed by atoms with E-state index in [1.165, 1.54) is 0 Å². The number of amides is 2. The molecule has 2 amide bonds. The van der Waals surface area contributed by atoms with E-state index in [-0.39, 0.29) is 17.9 Å². The van der Waals surface area contributed by atoms with E-state index in [4.69, 9.17) is 5.73 Å². The normalized spacial score (nSPS) is 18.6. The van der Waals surface area contributed by atoms with E-state index in [2.05, 4.69) is 11.9 Å². The molecule has 2 rings (SSSR count). The van der Waals surface area contributed by atoms with Crippen LogP contribution < -0.4 is 11.1 Å². The van der Waals surface area contributed by atoms with Gasteiger partial charge >= 0.3 is 0 Å². The van der Waals surface area contributed by atoms with Crippen molar-refractivity contribution >= 4 is 17.5 Å². The van der Waals surface area contributed by atoms with Crippen LogP contribution in [0, 0.1) is 6.92 Å². The maximum atomic E-state index is 11.9. The van der Waals surface area contributed by atoms with Crippen LogP contribution in [0.4, 0.5) is 5.69 Å². The van der Waals surface area contributed by atoms with Crippen molar-refractivity contribution in [1.82, 2.24) is 10.2 Å². The number of nitrogens with two attached hydrogens (primary N) is 1. The number of nitrogens with one attached hydrogen (secondary N) is 1. The van der Waals surface area contributed by atoms with Crippen LogP contribution in [0.25, 0.3) is 0 Å². The topological polar surface area (TPSA) is 75.4 Å². The Morgan fingerprint density at radius 3 is 2.85 bits per heavy atom. The summed E-state index contributed by atoms with van der Waals surface area (Å²) in [4.78, 5) is 24.9. The average Bonchev–Trinajstić information content (AvgIpc) is 2.40. The number of nitrogens with zero attached hydrogens (tertiary/aromatic N) is 1. The van der Waals surface area contributed by atoms with Crippen LogP contribution in [0.15, 0.2) is 31.0 Å². The second-order valence-corrected chi connectivity index (χ2v) is 4.96. The number of anilines is 1. The van der Waals surface area contributed by atoms with E-state index in [1.54, 1.807) is 6.20 Å². The number of rotatable bonds is 4. The molecule has 1 aliphatic heterocycles. The molecule has 0 aliphatic carbocycles. The molecule has 0 spiro atoms. The van der Waals surface area contributed by atoms with Gasteiger partial charge in [0.25, 0.3) is 0 Å². The fraction of sp³-hybridized carbons (Fsp3) is 0.333. The molecule has 1 atom stereocenters. The largest absolute Gasteiger partial charge is 0.398 e. The van der Waals surface area contributed by atoms with Gasteiger partial charge in [-0.15, -0.1) is 0 Å². The first-order chi connectivity index (χ1) is 9.52. The summed E-state index contributed by atoms with van der Waals surface area (Å²) < 4.78 is 0. The summed E-state index contributed by atoms with van der Waals surface area (Å²) in [6.07, 6.45) is 2.48. The lowest BCUT2D eigenvalue weighted by atomic mass is 10.0. The lowest BCUT2D eigenvalue weighted by Crippen LogP contribution is -2.50. The SMILES string of the molecule is C=CN(Cc1c(C)cccc1N)C1CCC(=O)NC1=O. The van der Waals surface area contributed by atoms with Gasteiger partial charge in [0, 0.05) is 18.7 Å². The average molecular weight is 273 g/mol. The lowest BCUT2D eigenvalue weighted by Gasteiger charge is -2.32. The van der Waals surface area contributed by atoms with Crippen molar-refractivity contribution in [3.05, 3.63) is 42.1 Å². The standard InChI is InChI=1S/C15H19N3O2/c1-3-18(13-7-8-14(19)17-15(13)20)9-11-10(2)5-4-6-12(11)16/h3-6,13H,1,7-9,16H2,2H3,(H,17,19,20). The third-order valence-electron chi connectivity index (χ3n) is 3.63. The Bertz CT molecular complexity index is 534. The summed E-state index contributed by atoms with van der Waals surface area (Å²) in [6, 6.07) is 5.35. The minimum atomic E-state index is -0.371. The Kier molecular flexibility index (Phi) is 4.08. The van der Waals surface area contributed by atoms with Gasteiger partial charge in [0.15, 0.2) is 0 Å². The summed E-state index contributed by atoms with van der Waals surface area (Å²) in [5.74, 6) is -0.487. The minimum absolute atomic E-state index is 0.217. The van der Waals surface area contributed by atoms with E-state index in [0.717, 1.165) is 11.1 Å². The summed E-state index contributed by atoms with van der Waals surface area (Å²) >= 11 is 0. The van der Waals surface area contributed by atoms with Gasteiger partial charge < -0.3 is 10.6 Å². The van der Waals surface area contributed by atoms with Gasteiger partial charge in [0.1, 0.15) is 6.04 Å². The summed E-state index contributed by atoms with van der Waals surface area (Å²) in [6.45, 7) is 6.26. The van der Waals surface area contributed by atoms with Crippen LogP contribution in [0.2, 0.25) is 0 Å². The van der Waals surface area contributed by atoms with Crippen LogP contribution in [0.3, 0.4) is 0 Å². The maximum Gasteiger partial charge on any atom is 0.249 e. The van der Waals surface area contributed by atoms with E-state index >= 15 is 0 Å². The quantitative estimate of drug-likeness (QED) is 0.641. The predicted octanol–water partition coefficient (Wildman–Crippen LogP) is 1.33. The maximum absolute atomic E-state index is 11.9. The molecule has 20 heavy (non-hydrogen) atoms. The highest BCUT2D eigenvalue weighted by molar-refractivity contribution is 6.00. The van der Waals surface area contributed by atoms with Crippen molar-refractivity contribution in [1.29, 1.82) is 0 Å². The van der Waals surface area contributed by atoms with E-state index in [0.29, 0.717) is 25.1 Å². The molecule has 1 unspecified atom stereocenters.